The summed E-state index contributed by atoms with van der Waals surface area (Å²) < 4.78 is 4.82. The average Bonchev–Trinajstić information content (AvgIpc) is 2.62. The predicted molar refractivity (Wildman–Crippen MR) is 49.3 cm³/mol. The fourth-order valence-electron chi connectivity index (χ4n) is 0.901. The van der Waals surface area contributed by atoms with Crippen LogP contribution in [0, 0.1) is 10.1 Å². The standard InChI is InChI=1S/C8H10N2O5/c1-5(8(11)12)9-4-6-2-3-7(15-6)10(13)14/h2-3,5,9H,4H2,1H3,(H,11,12). The first-order valence-electron chi connectivity index (χ1n) is 4.20. The Kier molecular flexibility index (Phi) is 3.40. The van der Waals surface area contributed by atoms with Crippen LogP contribution in [0.25, 0.3) is 0 Å². The minimum atomic E-state index is -0.990. The number of carbonyl (C=O) groups is 1. The third kappa shape index (κ3) is 3.06. The monoisotopic (exact) mass is 214 g/mol. The van der Waals surface area contributed by atoms with E-state index in [0.29, 0.717) is 5.76 Å². The summed E-state index contributed by atoms with van der Waals surface area (Å²) in [6.07, 6.45) is 0. The zero-order valence-corrected chi connectivity index (χ0v) is 7.97. The number of aliphatic carboxylic acids is 1. The van der Waals surface area contributed by atoms with Gasteiger partial charge in [-0.05, 0) is 13.0 Å². The zero-order valence-electron chi connectivity index (χ0n) is 7.97. The Morgan fingerprint density at radius 1 is 1.73 bits per heavy atom. The Labute approximate surface area is 84.8 Å². The van der Waals surface area contributed by atoms with Gasteiger partial charge in [0.05, 0.1) is 12.6 Å². The molecule has 15 heavy (non-hydrogen) atoms. The van der Waals surface area contributed by atoms with Crippen molar-refractivity contribution in [2.45, 2.75) is 19.5 Å². The minimum absolute atomic E-state index is 0.140. The van der Waals surface area contributed by atoms with Gasteiger partial charge in [-0.15, -0.1) is 0 Å². The van der Waals surface area contributed by atoms with Crippen molar-refractivity contribution < 1.29 is 19.2 Å². The quantitative estimate of drug-likeness (QED) is 0.553. The van der Waals surface area contributed by atoms with Gasteiger partial charge < -0.3 is 9.52 Å². The second-order valence-corrected chi connectivity index (χ2v) is 2.94. The van der Waals surface area contributed by atoms with E-state index < -0.39 is 16.9 Å². The van der Waals surface area contributed by atoms with E-state index in [1.807, 2.05) is 0 Å². The van der Waals surface area contributed by atoms with Gasteiger partial charge in [-0.1, -0.05) is 0 Å². The molecule has 1 aromatic rings. The molecule has 0 spiro atoms. The van der Waals surface area contributed by atoms with E-state index in [0.717, 1.165) is 0 Å². The zero-order chi connectivity index (χ0) is 11.4. The Hall–Kier alpha value is -1.89. The van der Waals surface area contributed by atoms with E-state index in [9.17, 15) is 14.9 Å². The normalized spacial score (nSPS) is 12.3. The second-order valence-electron chi connectivity index (χ2n) is 2.94. The Balaban J connectivity index is 2.51. The van der Waals surface area contributed by atoms with E-state index in [1.54, 1.807) is 0 Å². The fourth-order valence-corrected chi connectivity index (χ4v) is 0.901. The molecule has 1 aromatic heterocycles. The molecule has 0 saturated heterocycles. The molecule has 0 saturated carbocycles. The van der Waals surface area contributed by atoms with Crippen LogP contribution in [-0.4, -0.2) is 22.0 Å². The van der Waals surface area contributed by atoms with E-state index >= 15 is 0 Å². The highest BCUT2D eigenvalue weighted by atomic mass is 16.6. The summed E-state index contributed by atoms with van der Waals surface area (Å²) in [6, 6.07) is 1.93. The molecule has 0 aromatic carbocycles. The Morgan fingerprint density at radius 2 is 2.40 bits per heavy atom. The van der Waals surface area contributed by atoms with Crippen LogP contribution in [0.4, 0.5) is 5.88 Å². The lowest BCUT2D eigenvalue weighted by molar-refractivity contribution is -0.402. The van der Waals surface area contributed by atoms with Crippen molar-refractivity contribution in [2.75, 3.05) is 0 Å². The number of nitro groups is 1. The molecule has 0 aliphatic carbocycles. The molecule has 82 valence electrons. The molecular formula is C8H10N2O5. The van der Waals surface area contributed by atoms with Crippen LogP contribution in [-0.2, 0) is 11.3 Å². The van der Waals surface area contributed by atoms with Gasteiger partial charge >= 0.3 is 11.9 Å². The van der Waals surface area contributed by atoms with Crippen molar-refractivity contribution in [3.8, 4) is 0 Å². The summed E-state index contributed by atoms with van der Waals surface area (Å²) in [5.74, 6) is -1.01. The van der Waals surface area contributed by atoms with Crippen molar-refractivity contribution >= 4 is 11.9 Å². The highest BCUT2D eigenvalue weighted by Gasteiger charge is 2.14. The largest absolute Gasteiger partial charge is 0.480 e. The molecule has 7 heteroatoms. The van der Waals surface area contributed by atoms with Crippen molar-refractivity contribution in [3.05, 3.63) is 28.0 Å². The molecule has 1 heterocycles. The van der Waals surface area contributed by atoms with Crippen molar-refractivity contribution in [3.63, 3.8) is 0 Å². The van der Waals surface area contributed by atoms with Crippen molar-refractivity contribution in [1.29, 1.82) is 0 Å². The van der Waals surface area contributed by atoms with Gasteiger partial charge in [0.1, 0.15) is 16.7 Å². The number of furan rings is 1. The Morgan fingerprint density at radius 3 is 2.87 bits per heavy atom. The average molecular weight is 214 g/mol. The molecule has 0 radical (unpaired) electrons. The number of nitrogens with one attached hydrogen (secondary N) is 1. The van der Waals surface area contributed by atoms with E-state index in [1.165, 1.54) is 19.1 Å². The molecule has 2 N–H and O–H groups in total. The lowest BCUT2D eigenvalue weighted by Crippen LogP contribution is -2.32. The highest BCUT2D eigenvalue weighted by molar-refractivity contribution is 5.72. The summed E-state index contributed by atoms with van der Waals surface area (Å²) in [7, 11) is 0. The third-order valence-corrected chi connectivity index (χ3v) is 1.78. The molecule has 1 atom stereocenters. The fraction of sp³-hybridized carbons (Fsp3) is 0.375. The first-order chi connectivity index (χ1) is 7.00. The highest BCUT2D eigenvalue weighted by Crippen LogP contribution is 2.15. The summed E-state index contributed by atoms with van der Waals surface area (Å²) in [6.45, 7) is 1.61. The van der Waals surface area contributed by atoms with Crippen LogP contribution in [0.2, 0.25) is 0 Å². The Bertz CT molecular complexity index is 373. The van der Waals surface area contributed by atoms with Crippen LogP contribution in [0.3, 0.4) is 0 Å². The van der Waals surface area contributed by atoms with E-state index in [4.69, 9.17) is 9.52 Å². The van der Waals surface area contributed by atoms with Gasteiger partial charge in [0.2, 0.25) is 0 Å². The minimum Gasteiger partial charge on any atom is -0.480 e. The molecule has 0 aliphatic rings. The molecule has 1 unspecified atom stereocenters. The maximum Gasteiger partial charge on any atom is 0.433 e. The van der Waals surface area contributed by atoms with Gasteiger partial charge in [-0.3, -0.25) is 20.2 Å². The van der Waals surface area contributed by atoms with Gasteiger partial charge in [-0.25, -0.2) is 0 Å². The summed E-state index contributed by atoms with van der Waals surface area (Å²) in [4.78, 5) is 20.0. The predicted octanol–water partition coefficient (Wildman–Crippen LogP) is 0.751. The molecule has 7 nitrogen and oxygen atoms in total. The summed E-state index contributed by atoms with van der Waals surface area (Å²) >= 11 is 0. The number of rotatable bonds is 5. The van der Waals surface area contributed by atoms with Crippen LogP contribution in [0.1, 0.15) is 12.7 Å². The molecule has 0 amide bonds. The number of hydrogen-bond donors (Lipinski definition) is 2. The topological polar surface area (TPSA) is 106 Å². The SMILES string of the molecule is CC(NCc1ccc([N+](=O)[O-])o1)C(=O)O. The number of hydrogen-bond acceptors (Lipinski definition) is 5. The van der Waals surface area contributed by atoms with Crippen LogP contribution in [0.15, 0.2) is 16.5 Å². The molecule has 0 fully saturated rings. The number of carboxylic acid groups (broad SMARTS) is 1. The lowest BCUT2D eigenvalue weighted by atomic mass is 10.3. The number of carboxylic acids is 1. The van der Waals surface area contributed by atoms with E-state index in [2.05, 4.69) is 5.32 Å². The maximum atomic E-state index is 10.4. The van der Waals surface area contributed by atoms with Gasteiger partial charge in [0.15, 0.2) is 0 Å². The molecule has 1 rings (SSSR count). The molecular weight excluding hydrogens is 204 g/mol. The van der Waals surface area contributed by atoms with Gasteiger partial charge in [-0.2, -0.15) is 0 Å². The van der Waals surface area contributed by atoms with Gasteiger partial charge in [0.25, 0.3) is 0 Å². The molecule has 0 aliphatic heterocycles. The third-order valence-electron chi connectivity index (χ3n) is 1.78. The smallest absolute Gasteiger partial charge is 0.433 e. The number of nitrogens with zero attached hydrogens (tertiary/aromatic N) is 1. The van der Waals surface area contributed by atoms with Crippen LogP contribution in [0.5, 0.6) is 0 Å². The first-order valence-corrected chi connectivity index (χ1v) is 4.20. The van der Waals surface area contributed by atoms with Crippen molar-refractivity contribution in [2.24, 2.45) is 0 Å². The summed E-state index contributed by atoms with van der Waals surface area (Å²) in [5.41, 5.74) is 0. The van der Waals surface area contributed by atoms with E-state index in [-0.39, 0.29) is 12.4 Å². The van der Waals surface area contributed by atoms with Crippen molar-refractivity contribution in [1.82, 2.24) is 5.32 Å². The first kappa shape index (κ1) is 11.2. The molecule has 0 bridgehead atoms. The summed E-state index contributed by atoms with van der Waals surface area (Å²) in [5, 5.41) is 21.4. The van der Waals surface area contributed by atoms with Crippen LogP contribution >= 0.6 is 0 Å². The van der Waals surface area contributed by atoms with Crippen LogP contribution < -0.4 is 5.32 Å². The maximum absolute atomic E-state index is 10.4. The second kappa shape index (κ2) is 4.56. The van der Waals surface area contributed by atoms with Gasteiger partial charge in [0, 0.05) is 0 Å². The lowest BCUT2D eigenvalue weighted by Gasteiger charge is -2.05.